The standard InChI is InChI=1S/C23H21FN2O4S/c1-3-30-20-10-14(4-9-19(20)29-2)17-11-21(27)26-22(18(17)12-25)31-13-23(26,28)15-5-7-16(24)8-6-15/h4-10,17,28H,3,11,13H2,1-2H3/t17-,23-/m1/s1. The number of methoxy groups -OCH3 is 1. The molecule has 6 nitrogen and oxygen atoms in total. The molecule has 1 amide bonds. The highest BCUT2D eigenvalue weighted by Gasteiger charge is 2.51. The van der Waals surface area contributed by atoms with Crippen LogP contribution in [0.15, 0.2) is 53.1 Å². The molecule has 2 aliphatic heterocycles. The molecule has 8 heteroatoms. The van der Waals surface area contributed by atoms with Crippen LogP contribution < -0.4 is 9.47 Å². The molecule has 0 spiro atoms. The SMILES string of the molecule is CCOc1cc([C@H]2CC(=O)N3C(=C2C#N)SC[C@@]3(O)c2ccc(F)cc2)ccc1OC. The molecule has 0 saturated carbocycles. The number of nitriles is 1. The van der Waals surface area contributed by atoms with E-state index >= 15 is 0 Å². The third-order valence-electron chi connectivity index (χ3n) is 5.51. The molecule has 0 radical (unpaired) electrons. The average molecular weight is 440 g/mol. The minimum Gasteiger partial charge on any atom is -0.493 e. The first kappa shape index (κ1) is 21.2. The Hall–Kier alpha value is -3.02. The first-order valence-electron chi connectivity index (χ1n) is 9.82. The summed E-state index contributed by atoms with van der Waals surface area (Å²) in [5, 5.41) is 21.7. The summed E-state index contributed by atoms with van der Waals surface area (Å²) in [6.07, 6.45) is 0.0222. The molecule has 2 heterocycles. The molecule has 0 aromatic heterocycles. The number of hydrogen-bond donors (Lipinski definition) is 1. The first-order chi connectivity index (χ1) is 14.9. The van der Waals surface area contributed by atoms with Crippen LogP contribution in [-0.2, 0) is 10.5 Å². The van der Waals surface area contributed by atoms with E-state index < -0.39 is 17.5 Å². The van der Waals surface area contributed by atoms with Gasteiger partial charge in [0.05, 0.1) is 36.1 Å². The van der Waals surface area contributed by atoms with Gasteiger partial charge in [0.1, 0.15) is 5.82 Å². The number of aliphatic hydroxyl groups is 1. The fraction of sp³-hybridized carbons (Fsp3) is 0.304. The Balaban J connectivity index is 1.77. The van der Waals surface area contributed by atoms with Crippen LogP contribution >= 0.6 is 11.8 Å². The van der Waals surface area contributed by atoms with E-state index in [1.807, 2.05) is 13.0 Å². The van der Waals surface area contributed by atoms with E-state index in [1.54, 1.807) is 19.2 Å². The number of carbonyl (C=O) groups is 1. The van der Waals surface area contributed by atoms with Crippen LogP contribution in [0.5, 0.6) is 11.5 Å². The molecule has 31 heavy (non-hydrogen) atoms. The largest absolute Gasteiger partial charge is 0.493 e. The number of thioether (sulfide) groups is 1. The van der Waals surface area contributed by atoms with Gasteiger partial charge in [-0.25, -0.2) is 4.39 Å². The number of rotatable bonds is 5. The van der Waals surface area contributed by atoms with Gasteiger partial charge in [-0.05, 0) is 36.8 Å². The molecule has 2 aromatic carbocycles. The average Bonchev–Trinajstić information content (AvgIpc) is 3.13. The molecule has 1 fully saturated rings. The topological polar surface area (TPSA) is 82.8 Å². The number of allylic oxidation sites excluding steroid dienone is 1. The van der Waals surface area contributed by atoms with Gasteiger partial charge in [0, 0.05) is 17.9 Å². The second-order valence-electron chi connectivity index (χ2n) is 7.27. The van der Waals surface area contributed by atoms with Crippen molar-refractivity contribution in [3.05, 3.63) is 70.0 Å². The minimum absolute atomic E-state index is 0.0222. The first-order valence-corrected chi connectivity index (χ1v) is 10.8. The molecule has 0 bridgehead atoms. The van der Waals surface area contributed by atoms with Crippen molar-refractivity contribution in [3.63, 3.8) is 0 Å². The van der Waals surface area contributed by atoms with Crippen molar-refractivity contribution in [1.29, 1.82) is 5.26 Å². The summed E-state index contributed by atoms with van der Waals surface area (Å²) >= 11 is 1.25. The second-order valence-corrected chi connectivity index (χ2v) is 8.24. The summed E-state index contributed by atoms with van der Waals surface area (Å²) in [5.74, 6) is 0.0791. The van der Waals surface area contributed by atoms with Crippen molar-refractivity contribution in [2.75, 3.05) is 19.5 Å². The zero-order valence-electron chi connectivity index (χ0n) is 17.1. The Labute approximate surface area is 183 Å². The Morgan fingerprint density at radius 2 is 2.03 bits per heavy atom. The molecular formula is C23H21FN2O4S. The van der Waals surface area contributed by atoms with Crippen LogP contribution in [0, 0.1) is 17.1 Å². The third kappa shape index (κ3) is 3.54. The van der Waals surface area contributed by atoms with Crippen LogP contribution in [0.1, 0.15) is 30.4 Å². The number of nitrogens with zero attached hydrogens (tertiary/aromatic N) is 2. The number of halogens is 1. The Morgan fingerprint density at radius 3 is 2.68 bits per heavy atom. The lowest BCUT2D eigenvalue weighted by atomic mass is 9.85. The van der Waals surface area contributed by atoms with E-state index in [-0.39, 0.29) is 18.1 Å². The summed E-state index contributed by atoms with van der Waals surface area (Å²) in [4.78, 5) is 14.5. The van der Waals surface area contributed by atoms with Gasteiger partial charge in [0.15, 0.2) is 17.2 Å². The summed E-state index contributed by atoms with van der Waals surface area (Å²) in [7, 11) is 1.55. The van der Waals surface area contributed by atoms with Crippen LogP contribution in [0.3, 0.4) is 0 Å². The highest BCUT2D eigenvalue weighted by atomic mass is 32.2. The molecule has 0 aliphatic carbocycles. The Kier molecular flexibility index (Phi) is 5.65. The van der Waals surface area contributed by atoms with Gasteiger partial charge in [0.2, 0.25) is 5.91 Å². The molecule has 1 N–H and O–H groups in total. The number of amides is 1. The van der Waals surface area contributed by atoms with Gasteiger partial charge in [-0.2, -0.15) is 5.26 Å². The quantitative estimate of drug-likeness (QED) is 0.760. The van der Waals surface area contributed by atoms with Crippen molar-refractivity contribution in [1.82, 2.24) is 4.90 Å². The summed E-state index contributed by atoms with van der Waals surface area (Å²) < 4.78 is 24.3. The predicted molar refractivity (Wildman–Crippen MR) is 114 cm³/mol. The maximum atomic E-state index is 13.4. The van der Waals surface area contributed by atoms with Crippen molar-refractivity contribution in [2.45, 2.75) is 25.0 Å². The van der Waals surface area contributed by atoms with Crippen LogP contribution in [0.4, 0.5) is 4.39 Å². The lowest BCUT2D eigenvalue weighted by molar-refractivity contribution is -0.149. The van der Waals surface area contributed by atoms with Gasteiger partial charge < -0.3 is 14.6 Å². The fourth-order valence-electron chi connectivity index (χ4n) is 4.02. The van der Waals surface area contributed by atoms with Gasteiger partial charge in [-0.1, -0.05) is 18.2 Å². The zero-order chi connectivity index (χ0) is 22.2. The molecule has 0 unspecified atom stereocenters. The van der Waals surface area contributed by atoms with Crippen LogP contribution in [-0.4, -0.2) is 35.4 Å². The van der Waals surface area contributed by atoms with E-state index in [0.29, 0.717) is 34.3 Å². The second kappa shape index (κ2) is 8.25. The molecule has 160 valence electrons. The maximum Gasteiger partial charge on any atom is 0.231 e. The molecule has 4 rings (SSSR count). The lowest BCUT2D eigenvalue weighted by Crippen LogP contribution is -2.48. The number of benzene rings is 2. The van der Waals surface area contributed by atoms with E-state index in [9.17, 15) is 19.6 Å². The number of hydrogen-bond acceptors (Lipinski definition) is 6. The zero-order valence-corrected chi connectivity index (χ0v) is 17.9. The highest BCUT2D eigenvalue weighted by molar-refractivity contribution is 8.03. The third-order valence-corrected chi connectivity index (χ3v) is 6.73. The normalized spacial score (nSPS) is 22.9. The molecule has 2 aromatic rings. The molecule has 2 aliphatic rings. The lowest BCUT2D eigenvalue weighted by Gasteiger charge is -2.38. The summed E-state index contributed by atoms with van der Waals surface area (Å²) in [5.41, 5.74) is -0.0493. The van der Waals surface area contributed by atoms with Gasteiger partial charge in [0.25, 0.3) is 0 Å². The Morgan fingerprint density at radius 1 is 1.29 bits per heavy atom. The van der Waals surface area contributed by atoms with Crippen molar-refractivity contribution >= 4 is 17.7 Å². The van der Waals surface area contributed by atoms with Crippen molar-refractivity contribution in [3.8, 4) is 17.6 Å². The number of ether oxygens (including phenoxy) is 2. The van der Waals surface area contributed by atoms with Crippen molar-refractivity contribution < 1.29 is 23.8 Å². The van der Waals surface area contributed by atoms with Crippen molar-refractivity contribution in [2.24, 2.45) is 0 Å². The van der Waals surface area contributed by atoms with E-state index in [2.05, 4.69) is 6.07 Å². The van der Waals surface area contributed by atoms with Gasteiger partial charge in [-0.15, -0.1) is 11.8 Å². The maximum absolute atomic E-state index is 13.4. The molecule has 1 saturated heterocycles. The molecule has 2 atom stereocenters. The number of carbonyl (C=O) groups excluding carboxylic acids is 1. The van der Waals surface area contributed by atoms with E-state index in [0.717, 1.165) is 5.56 Å². The number of fused-ring (bicyclic) bond motifs is 1. The summed E-state index contributed by atoms with van der Waals surface area (Å²) in [6, 6.07) is 13.0. The van der Waals surface area contributed by atoms with E-state index in [1.165, 1.54) is 40.9 Å². The predicted octanol–water partition coefficient (Wildman–Crippen LogP) is 3.88. The Bertz CT molecular complexity index is 1100. The van der Waals surface area contributed by atoms with Gasteiger partial charge in [-0.3, -0.25) is 9.69 Å². The summed E-state index contributed by atoms with van der Waals surface area (Å²) in [6.45, 7) is 2.31. The monoisotopic (exact) mass is 440 g/mol. The fourth-order valence-corrected chi connectivity index (χ4v) is 5.38. The van der Waals surface area contributed by atoms with Crippen LogP contribution in [0.2, 0.25) is 0 Å². The molecular weight excluding hydrogens is 419 g/mol. The highest BCUT2D eigenvalue weighted by Crippen LogP contribution is 2.52. The minimum atomic E-state index is -1.63. The smallest absolute Gasteiger partial charge is 0.231 e. The van der Waals surface area contributed by atoms with E-state index in [4.69, 9.17) is 9.47 Å². The van der Waals surface area contributed by atoms with Gasteiger partial charge >= 0.3 is 0 Å². The van der Waals surface area contributed by atoms with Crippen LogP contribution in [0.25, 0.3) is 0 Å².